The summed E-state index contributed by atoms with van der Waals surface area (Å²) in [6.45, 7) is 16.4. The standard InChI is InChI=1S/C32H44F2O/c1-23(2)9-8-18-31(7)20-27(26-13-10-24(3)11-14-26)15-16-28(21-31)32(33,34)35-29-17-12-25(4)19-30(5,6)22-29/h12,15-17,19-22,24,26H,1,8-11,13-14,18H2,2-7H3. The molecule has 0 heterocycles. The molecule has 0 aliphatic heterocycles. The molecule has 192 valence electrons. The van der Waals surface area contributed by atoms with Crippen LogP contribution in [-0.4, -0.2) is 6.11 Å². The number of rotatable bonds is 8. The molecule has 0 bridgehead atoms. The van der Waals surface area contributed by atoms with Gasteiger partial charge in [0.15, 0.2) is 0 Å². The van der Waals surface area contributed by atoms with Gasteiger partial charge in [-0.15, -0.1) is 6.58 Å². The van der Waals surface area contributed by atoms with E-state index in [0.717, 1.165) is 49.2 Å². The van der Waals surface area contributed by atoms with Crippen molar-refractivity contribution in [2.75, 3.05) is 0 Å². The van der Waals surface area contributed by atoms with Gasteiger partial charge in [-0.1, -0.05) is 82.1 Å². The lowest BCUT2D eigenvalue weighted by molar-refractivity contribution is -0.177. The van der Waals surface area contributed by atoms with Crippen LogP contribution in [0.1, 0.15) is 86.5 Å². The van der Waals surface area contributed by atoms with Crippen LogP contribution in [0.25, 0.3) is 0 Å². The van der Waals surface area contributed by atoms with Crippen LogP contribution in [0.15, 0.2) is 83.2 Å². The highest BCUT2D eigenvalue weighted by Gasteiger charge is 2.40. The summed E-state index contributed by atoms with van der Waals surface area (Å²) < 4.78 is 36.8. The molecule has 0 aromatic heterocycles. The Morgan fingerprint density at radius 1 is 1.00 bits per heavy atom. The average Bonchev–Trinajstić information content (AvgIpc) is 2.98. The number of ether oxygens (including phenoxy) is 1. The Morgan fingerprint density at radius 3 is 2.34 bits per heavy atom. The Kier molecular flexibility index (Phi) is 8.50. The molecule has 1 atom stereocenters. The van der Waals surface area contributed by atoms with Crippen molar-refractivity contribution in [3.63, 3.8) is 0 Å². The molecular formula is C32H44F2O. The Labute approximate surface area is 212 Å². The Hall–Kier alpha value is -2.16. The molecule has 3 aliphatic carbocycles. The van der Waals surface area contributed by atoms with Crippen molar-refractivity contribution in [2.45, 2.75) is 92.6 Å². The highest BCUT2D eigenvalue weighted by Crippen LogP contribution is 2.43. The fraction of sp³-hybridized carbons (Fsp3) is 0.562. The van der Waals surface area contributed by atoms with Crippen LogP contribution in [0.3, 0.4) is 0 Å². The van der Waals surface area contributed by atoms with Gasteiger partial charge >= 0.3 is 6.11 Å². The molecule has 1 saturated carbocycles. The highest BCUT2D eigenvalue weighted by atomic mass is 19.3. The maximum absolute atomic E-state index is 15.7. The van der Waals surface area contributed by atoms with Gasteiger partial charge in [-0.05, 0) is 81.6 Å². The van der Waals surface area contributed by atoms with Crippen LogP contribution in [0.2, 0.25) is 0 Å². The first-order valence-corrected chi connectivity index (χ1v) is 13.2. The van der Waals surface area contributed by atoms with Crippen molar-refractivity contribution in [2.24, 2.45) is 22.7 Å². The zero-order valence-corrected chi connectivity index (χ0v) is 22.6. The second kappa shape index (κ2) is 10.8. The molecule has 1 fully saturated rings. The SMILES string of the molecule is C=C(C)CCCC1(C)C=C(C2CCC(C)CC2)C=CC(C(F)(F)OC2=CC(C)(C)C=C(C)C=C2)=C1. The van der Waals surface area contributed by atoms with Crippen LogP contribution in [0, 0.1) is 22.7 Å². The van der Waals surface area contributed by atoms with Crippen LogP contribution < -0.4 is 0 Å². The predicted octanol–water partition coefficient (Wildman–Crippen LogP) is 10.0. The van der Waals surface area contributed by atoms with Crippen molar-refractivity contribution in [3.8, 4) is 0 Å². The zero-order valence-electron chi connectivity index (χ0n) is 22.6. The molecular weight excluding hydrogens is 438 g/mol. The lowest BCUT2D eigenvalue weighted by Gasteiger charge is -2.30. The maximum atomic E-state index is 15.7. The molecule has 0 radical (unpaired) electrons. The number of hydrogen-bond acceptors (Lipinski definition) is 1. The molecule has 3 aliphatic rings. The van der Waals surface area contributed by atoms with Crippen LogP contribution >= 0.6 is 0 Å². The summed E-state index contributed by atoms with van der Waals surface area (Å²) in [5.74, 6) is 1.39. The van der Waals surface area contributed by atoms with Crippen molar-refractivity contribution in [1.29, 1.82) is 0 Å². The van der Waals surface area contributed by atoms with Crippen molar-refractivity contribution < 1.29 is 13.5 Å². The quantitative estimate of drug-likeness (QED) is 0.313. The summed E-state index contributed by atoms with van der Waals surface area (Å²) in [5, 5.41) is 0. The second-order valence-electron chi connectivity index (χ2n) is 12.1. The lowest BCUT2D eigenvalue weighted by Crippen LogP contribution is -2.25. The normalized spacial score (nSPS) is 28.8. The Bertz CT molecular complexity index is 977. The molecule has 0 spiro atoms. The molecule has 0 aromatic rings. The molecule has 0 aromatic carbocycles. The average molecular weight is 483 g/mol. The van der Waals surface area contributed by atoms with Gasteiger partial charge in [0.25, 0.3) is 0 Å². The third-order valence-corrected chi connectivity index (χ3v) is 7.45. The summed E-state index contributed by atoms with van der Waals surface area (Å²) >= 11 is 0. The van der Waals surface area contributed by atoms with E-state index in [0.29, 0.717) is 5.92 Å². The minimum atomic E-state index is -3.43. The van der Waals surface area contributed by atoms with Gasteiger partial charge in [0.1, 0.15) is 5.76 Å². The topological polar surface area (TPSA) is 9.23 Å². The van der Waals surface area contributed by atoms with Gasteiger partial charge in [0.05, 0.1) is 5.57 Å². The van der Waals surface area contributed by atoms with Gasteiger partial charge in [-0.2, -0.15) is 8.78 Å². The smallest absolute Gasteiger partial charge is 0.426 e. The number of halogens is 2. The lowest BCUT2D eigenvalue weighted by atomic mass is 9.75. The molecule has 1 nitrogen and oxygen atoms in total. The molecule has 0 amide bonds. The van der Waals surface area contributed by atoms with Gasteiger partial charge in [-0.3, -0.25) is 0 Å². The van der Waals surface area contributed by atoms with Gasteiger partial charge in [0.2, 0.25) is 0 Å². The van der Waals surface area contributed by atoms with E-state index in [1.54, 1.807) is 24.3 Å². The van der Waals surface area contributed by atoms with E-state index >= 15 is 8.78 Å². The molecule has 0 N–H and O–H groups in total. The first-order valence-electron chi connectivity index (χ1n) is 13.2. The monoisotopic (exact) mass is 482 g/mol. The Morgan fingerprint density at radius 2 is 1.69 bits per heavy atom. The van der Waals surface area contributed by atoms with Gasteiger partial charge < -0.3 is 4.74 Å². The van der Waals surface area contributed by atoms with E-state index in [1.165, 1.54) is 18.4 Å². The molecule has 0 saturated heterocycles. The summed E-state index contributed by atoms with van der Waals surface area (Å²) in [6.07, 6.45) is 18.7. The van der Waals surface area contributed by atoms with Crippen molar-refractivity contribution in [3.05, 3.63) is 83.2 Å². The highest BCUT2D eigenvalue weighted by molar-refractivity contribution is 5.41. The summed E-state index contributed by atoms with van der Waals surface area (Å²) in [4.78, 5) is 0. The van der Waals surface area contributed by atoms with Gasteiger partial charge in [-0.25, -0.2) is 0 Å². The van der Waals surface area contributed by atoms with Crippen LogP contribution in [-0.2, 0) is 4.74 Å². The van der Waals surface area contributed by atoms with Crippen molar-refractivity contribution in [1.82, 2.24) is 0 Å². The zero-order chi connectivity index (χ0) is 25.9. The third kappa shape index (κ3) is 7.92. The molecule has 3 rings (SSSR count). The first-order chi connectivity index (χ1) is 16.3. The van der Waals surface area contributed by atoms with E-state index in [9.17, 15) is 0 Å². The summed E-state index contributed by atoms with van der Waals surface area (Å²) in [6, 6.07) is 0. The second-order valence-corrected chi connectivity index (χ2v) is 12.1. The number of alkyl halides is 2. The van der Waals surface area contributed by atoms with E-state index < -0.39 is 11.5 Å². The minimum Gasteiger partial charge on any atom is -0.429 e. The fourth-order valence-electron chi connectivity index (χ4n) is 5.58. The van der Waals surface area contributed by atoms with E-state index in [-0.39, 0.29) is 16.7 Å². The first kappa shape index (κ1) is 27.4. The molecule has 1 unspecified atom stereocenters. The summed E-state index contributed by atoms with van der Waals surface area (Å²) in [7, 11) is 0. The summed E-state index contributed by atoms with van der Waals surface area (Å²) in [5.41, 5.74) is 2.46. The van der Waals surface area contributed by atoms with Crippen LogP contribution in [0.5, 0.6) is 0 Å². The number of allylic oxidation sites excluding steroid dienone is 10. The largest absolute Gasteiger partial charge is 0.429 e. The fourth-order valence-corrected chi connectivity index (χ4v) is 5.58. The Balaban J connectivity index is 1.90. The van der Waals surface area contributed by atoms with E-state index in [4.69, 9.17) is 4.74 Å². The predicted molar refractivity (Wildman–Crippen MR) is 144 cm³/mol. The van der Waals surface area contributed by atoms with E-state index in [1.807, 2.05) is 39.8 Å². The van der Waals surface area contributed by atoms with Crippen molar-refractivity contribution >= 4 is 0 Å². The minimum absolute atomic E-state index is 0.0632. The molecule has 35 heavy (non-hydrogen) atoms. The number of hydrogen-bond donors (Lipinski definition) is 0. The van der Waals surface area contributed by atoms with Gasteiger partial charge in [0, 0.05) is 10.8 Å². The molecule has 3 heteroatoms. The third-order valence-electron chi connectivity index (χ3n) is 7.45. The van der Waals surface area contributed by atoms with E-state index in [2.05, 4.69) is 32.6 Å². The maximum Gasteiger partial charge on any atom is 0.426 e. The van der Waals surface area contributed by atoms with Crippen LogP contribution in [0.4, 0.5) is 8.78 Å².